The Morgan fingerprint density at radius 2 is 1.76 bits per heavy atom. The molecule has 104 valence electrons. The molecule has 3 rings (SSSR count). The molecule has 0 saturated heterocycles. The highest BCUT2D eigenvalue weighted by molar-refractivity contribution is 6.52. The predicted octanol–water partition coefficient (Wildman–Crippen LogP) is 2.30. The number of hydrogen-bond acceptors (Lipinski definition) is 4. The third-order valence-electron chi connectivity index (χ3n) is 3.37. The number of carbonyl (C=O) groups is 2. The summed E-state index contributed by atoms with van der Waals surface area (Å²) in [6.07, 6.45) is 0. The Balaban J connectivity index is 2.04. The van der Waals surface area contributed by atoms with E-state index in [4.69, 9.17) is 0 Å². The first-order valence-corrected chi connectivity index (χ1v) is 6.30. The summed E-state index contributed by atoms with van der Waals surface area (Å²) in [6.45, 7) is 0. The van der Waals surface area contributed by atoms with Crippen LogP contribution in [-0.4, -0.2) is 29.3 Å². The van der Waals surface area contributed by atoms with Gasteiger partial charge in [-0.1, -0.05) is 12.1 Å². The minimum Gasteiger partial charge on any atom is -0.618 e. The second kappa shape index (κ2) is 4.86. The fourth-order valence-electron chi connectivity index (χ4n) is 2.31. The third-order valence-corrected chi connectivity index (χ3v) is 3.37. The van der Waals surface area contributed by atoms with E-state index in [1.807, 2.05) is 0 Å². The summed E-state index contributed by atoms with van der Waals surface area (Å²) >= 11 is 0. The van der Waals surface area contributed by atoms with Crippen LogP contribution < -0.4 is 0 Å². The van der Waals surface area contributed by atoms with Crippen LogP contribution >= 0.6 is 0 Å². The van der Waals surface area contributed by atoms with Gasteiger partial charge < -0.3 is 9.94 Å². The number of nitrogens with zero attached hydrogens (tertiary/aromatic N) is 1. The number of methoxy groups -OCH3 is 1. The van der Waals surface area contributed by atoms with Crippen molar-refractivity contribution in [3.8, 4) is 0 Å². The maximum absolute atomic E-state index is 12.3. The summed E-state index contributed by atoms with van der Waals surface area (Å²) in [5.74, 6) is -0.780. The smallest absolute Gasteiger partial charge is 0.337 e. The lowest BCUT2D eigenvalue weighted by molar-refractivity contribution is -0.355. The van der Waals surface area contributed by atoms with Crippen LogP contribution in [-0.2, 0) is 4.74 Å². The molecule has 21 heavy (non-hydrogen) atoms. The molecule has 0 spiro atoms. The predicted molar refractivity (Wildman–Crippen MR) is 76.0 cm³/mol. The largest absolute Gasteiger partial charge is 0.618 e. The number of fused-ring (bicyclic) bond motifs is 1. The number of benzene rings is 2. The van der Waals surface area contributed by atoms with Crippen molar-refractivity contribution in [1.29, 1.82) is 0 Å². The van der Waals surface area contributed by atoms with Gasteiger partial charge >= 0.3 is 5.97 Å². The van der Waals surface area contributed by atoms with Gasteiger partial charge in [0.05, 0.1) is 18.2 Å². The van der Waals surface area contributed by atoms with Crippen LogP contribution in [0.1, 0.15) is 26.3 Å². The van der Waals surface area contributed by atoms with Crippen LogP contribution in [0.3, 0.4) is 0 Å². The van der Waals surface area contributed by atoms with E-state index in [-0.39, 0.29) is 11.5 Å². The zero-order valence-electron chi connectivity index (χ0n) is 11.2. The molecule has 0 radical (unpaired) electrons. The fraction of sp³-hybridized carbons (Fsp3) is 0.0625. The molecular weight excluding hydrogens is 270 g/mol. The molecule has 5 heteroatoms. The van der Waals surface area contributed by atoms with Gasteiger partial charge in [0, 0.05) is 6.07 Å². The second-order valence-electron chi connectivity index (χ2n) is 4.56. The van der Waals surface area contributed by atoms with Gasteiger partial charge in [-0.3, -0.25) is 4.79 Å². The zero-order valence-corrected chi connectivity index (χ0v) is 11.2. The number of Topliss-reactive ketones (excluding diaryl/α,β-unsaturated/α-hetero) is 1. The number of para-hydroxylation sites is 1. The molecule has 5 nitrogen and oxygen atoms in total. The van der Waals surface area contributed by atoms with E-state index in [1.54, 1.807) is 36.4 Å². The summed E-state index contributed by atoms with van der Waals surface area (Å²) in [4.78, 5) is 23.7. The van der Waals surface area contributed by atoms with E-state index in [0.29, 0.717) is 27.1 Å². The normalized spacial score (nSPS) is 13.3. The highest BCUT2D eigenvalue weighted by Gasteiger charge is 2.36. The molecule has 1 aliphatic heterocycles. The highest BCUT2D eigenvalue weighted by atomic mass is 16.5. The molecule has 0 fully saturated rings. The molecule has 0 unspecified atom stereocenters. The molecule has 0 amide bonds. The number of ether oxygens (including phenoxy) is 1. The molecule has 0 aromatic heterocycles. The highest BCUT2D eigenvalue weighted by Crippen LogP contribution is 2.27. The molecule has 0 N–H and O–H groups in total. The minimum absolute atomic E-state index is 0.0626. The summed E-state index contributed by atoms with van der Waals surface area (Å²) in [6, 6.07) is 12.8. The fourth-order valence-corrected chi connectivity index (χ4v) is 2.31. The van der Waals surface area contributed by atoms with Gasteiger partial charge in [-0.15, -0.1) is 0 Å². The quantitative estimate of drug-likeness (QED) is 0.481. The van der Waals surface area contributed by atoms with Crippen LogP contribution in [0.2, 0.25) is 0 Å². The lowest BCUT2D eigenvalue weighted by Gasteiger charge is -2.03. The van der Waals surface area contributed by atoms with Gasteiger partial charge in [0.2, 0.25) is 5.69 Å². The topological polar surface area (TPSA) is 69.4 Å². The molecular formula is C16H11NO4. The number of ketones is 1. The maximum Gasteiger partial charge on any atom is 0.337 e. The lowest BCUT2D eigenvalue weighted by atomic mass is 10.0. The van der Waals surface area contributed by atoms with Gasteiger partial charge in [-0.2, -0.15) is 4.74 Å². The van der Waals surface area contributed by atoms with Crippen molar-refractivity contribution >= 4 is 23.2 Å². The standard InChI is InChI=1S/C16H11NO4/c1-21-16(19)11-8-6-10(7-9-11)14-15(18)12-4-2-3-5-13(12)17(14)20/h2-9H,1H3. The van der Waals surface area contributed by atoms with E-state index < -0.39 is 5.97 Å². The lowest BCUT2D eigenvalue weighted by Crippen LogP contribution is -2.16. The number of carbonyl (C=O) groups excluding carboxylic acids is 2. The van der Waals surface area contributed by atoms with E-state index in [0.717, 1.165) is 0 Å². The molecule has 0 saturated carbocycles. The van der Waals surface area contributed by atoms with Crippen molar-refractivity contribution in [2.24, 2.45) is 0 Å². The Morgan fingerprint density at radius 1 is 1.10 bits per heavy atom. The first-order chi connectivity index (χ1) is 10.1. The van der Waals surface area contributed by atoms with Crippen LogP contribution in [0.4, 0.5) is 5.69 Å². The maximum atomic E-state index is 12.3. The first kappa shape index (κ1) is 13.1. The average molecular weight is 281 g/mol. The van der Waals surface area contributed by atoms with Crippen molar-refractivity contribution in [2.75, 3.05) is 7.11 Å². The minimum atomic E-state index is -0.466. The summed E-state index contributed by atoms with van der Waals surface area (Å²) in [5.41, 5.74) is 1.63. The van der Waals surface area contributed by atoms with Crippen molar-refractivity contribution in [3.63, 3.8) is 0 Å². The molecule has 2 aromatic rings. The van der Waals surface area contributed by atoms with E-state index in [1.165, 1.54) is 19.2 Å². The SMILES string of the molecule is COC(=O)c1ccc(C2=[N+]([O-])c3ccccc3C2=O)cc1. The molecule has 1 aliphatic rings. The van der Waals surface area contributed by atoms with E-state index in [2.05, 4.69) is 4.74 Å². The van der Waals surface area contributed by atoms with Gasteiger partial charge in [0.1, 0.15) is 5.56 Å². The zero-order chi connectivity index (χ0) is 15.0. The number of rotatable bonds is 2. The summed E-state index contributed by atoms with van der Waals surface area (Å²) in [5, 5.41) is 12.2. The second-order valence-corrected chi connectivity index (χ2v) is 4.56. The Labute approximate surface area is 120 Å². The Kier molecular flexibility index (Phi) is 3.02. The van der Waals surface area contributed by atoms with E-state index in [9.17, 15) is 14.8 Å². The monoisotopic (exact) mass is 281 g/mol. The first-order valence-electron chi connectivity index (χ1n) is 6.30. The van der Waals surface area contributed by atoms with Gasteiger partial charge in [-0.05, 0) is 30.3 Å². The van der Waals surface area contributed by atoms with Crippen LogP contribution in [0.15, 0.2) is 48.5 Å². The summed E-state index contributed by atoms with van der Waals surface area (Å²) in [7, 11) is 1.29. The van der Waals surface area contributed by atoms with E-state index >= 15 is 0 Å². The van der Waals surface area contributed by atoms with Crippen molar-refractivity contribution in [1.82, 2.24) is 0 Å². The molecule has 0 bridgehead atoms. The van der Waals surface area contributed by atoms with Crippen molar-refractivity contribution in [2.45, 2.75) is 0 Å². The van der Waals surface area contributed by atoms with Crippen LogP contribution in [0, 0.1) is 5.21 Å². The molecule has 1 heterocycles. The number of hydrogen-bond donors (Lipinski definition) is 0. The third kappa shape index (κ3) is 1.99. The number of esters is 1. The van der Waals surface area contributed by atoms with Gasteiger partial charge in [0.15, 0.2) is 0 Å². The van der Waals surface area contributed by atoms with Gasteiger partial charge in [-0.25, -0.2) is 4.79 Å². The van der Waals surface area contributed by atoms with Crippen LogP contribution in [0.25, 0.3) is 0 Å². The van der Waals surface area contributed by atoms with Crippen molar-refractivity contribution in [3.05, 3.63) is 70.4 Å². The summed E-state index contributed by atoms with van der Waals surface area (Å²) < 4.78 is 5.24. The van der Waals surface area contributed by atoms with Gasteiger partial charge in [0.25, 0.3) is 11.5 Å². The Bertz CT molecular complexity index is 775. The Hall–Kier alpha value is -2.95. The van der Waals surface area contributed by atoms with Crippen molar-refractivity contribution < 1.29 is 19.1 Å². The molecule has 2 aromatic carbocycles. The van der Waals surface area contributed by atoms with Crippen LogP contribution in [0.5, 0.6) is 0 Å². The molecule has 0 aliphatic carbocycles. The average Bonchev–Trinajstić information content (AvgIpc) is 2.79. The Morgan fingerprint density at radius 3 is 2.38 bits per heavy atom. The molecule has 0 atom stereocenters.